The van der Waals surface area contributed by atoms with Crippen LogP contribution >= 0.6 is 11.3 Å². The summed E-state index contributed by atoms with van der Waals surface area (Å²) in [5.74, 6) is 0. The van der Waals surface area contributed by atoms with Gasteiger partial charge in [-0.25, -0.2) is 0 Å². The molecule has 0 fully saturated rings. The van der Waals surface area contributed by atoms with Crippen molar-refractivity contribution in [3.05, 3.63) is 21.9 Å². The van der Waals surface area contributed by atoms with Crippen molar-refractivity contribution in [3.63, 3.8) is 0 Å². The van der Waals surface area contributed by atoms with E-state index < -0.39 is 0 Å². The van der Waals surface area contributed by atoms with Crippen molar-refractivity contribution in [2.24, 2.45) is 4.99 Å². The summed E-state index contributed by atoms with van der Waals surface area (Å²) in [5, 5.41) is 0. The van der Waals surface area contributed by atoms with E-state index in [0.29, 0.717) is 0 Å². The predicted octanol–water partition coefficient (Wildman–Crippen LogP) is 2.11. The van der Waals surface area contributed by atoms with E-state index in [0.717, 1.165) is 0 Å². The molecule has 1 rings (SSSR count). The molecule has 1 aromatic rings. The zero-order valence-electron chi connectivity index (χ0n) is 5.59. The van der Waals surface area contributed by atoms with E-state index in [4.69, 9.17) is 0 Å². The fourth-order valence-electron chi connectivity index (χ4n) is 0.650. The van der Waals surface area contributed by atoms with Gasteiger partial charge in [0.25, 0.3) is 0 Å². The summed E-state index contributed by atoms with van der Waals surface area (Å²) in [4.78, 5) is 6.47. The molecule has 1 heterocycles. The topological polar surface area (TPSA) is 12.4 Å². The van der Waals surface area contributed by atoms with E-state index in [1.165, 1.54) is 9.75 Å². The first-order chi connectivity index (χ1) is 4.33. The summed E-state index contributed by atoms with van der Waals surface area (Å²) in [6.45, 7) is 2.09. The predicted molar refractivity (Wildman–Crippen MR) is 42.6 cm³/mol. The van der Waals surface area contributed by atoms with Crippen LogP contribution in [0.4, 0.5) is 0 Å². The molecule has 0 saturated carbocycles. The van der Waals surface area contributed by atoms with Gasteiger partial charge in [-0.15, -0.1) is 11.3 Å². The molecule has 2 heteroatoms. The highest BCUT2D eigenvalue weighted by Gasteiger charge is 1.88. The lowest BCUT2D eigenvalue weighted by atomic mass is 10.4. The van der Waals surface area contributed by atoms with Gasteiger partial charge in [-0.05, 0) is 19.1 Å². The van der Waals surface area contributed by atoms with Crippen molar-refractivity contribution in [1.29, 1.82) is 0 Å². The number of thiophene rings is 1. The second kappa shape index (κ2) is 2.78. The van der Waals surface area contributed by atoms with Gasteiger partial charge in [-0.3, -0.25) is 4.99 Å². The van der Waals surface area contributed by atoms with Gasteiger partial charge in [0.1, 0.15) is 0 Å². The normalized spacial score (nSPS) is 10.9. The summed E-state index contributed by atoms with van der Waals surface area (Å²) in [6, 6.07) is 4.18. The summed E-state index contributed by atoms with van der Waals surface area (Å²) in [7, 11) is 1.79. The van der Waals surface area contributed by atoms with Crippen LogP contribution in [0, 0.1) is 6.92 Å². The monoisotopic (exact) mass is 139 g/mol. The highest BCUT2D eigenvalue weighted by Crippen LogP contribution is 2.11. The lowest BCUT2D eigenvalue weighted by molar-refractivity contribution is 1.47. The van der Waals surface area contributed by atoms with Gasteiger partial charge in [0.05, 0.1) is 0 Å². The smallest absolute Gasteiger partial charge is 0.0451 e. The second-order valence-electron chi connectivity index (χ2n) is 1.84. The molecule has 1 aromatic heterocycles. The minimum atomic E-state index is 1.23. The van der Waals surface area contributed by atoms with Crippen LogP contribution in [-0.2, 0) is 0 Å². The highest BCUT2D eigenvalue weighted by atomic mass is 32.1. The van der Waals surface area contributed by atoms with Gasteiger partial charge in [-0.2, -0.15) is 0 Å². The van der Waals surface area contributed by atoms with Crippen LogP contribution in [0.3, 0.4) is 0 Å². The Morgan fingerprint density at radius 2 is 2.33 bits per heavy atom. The fraction of sp³-hybridized carbons (Fsp3) is 0.286. The van der Waals surface area contributed by atoms with Crippen LogP contribution in [-0.4, -0.2) is 13.3 Å². The Balaban J connectivity index is 2.85. The van der Waals surface area contributed by atoms with Gasteiger partial charge in [-0.1, -0.05) is 0 Å². The number of hydrogen-bond acceptors (Lipinski definition) is 2. The molecule has 0 bridgehead atoms. The Morgan fingerprint density at radius 3 is 2.78 bits per heavy atom. The molecule has 48 valence electrons. The standard InChI is InChI=1S/C7H9NS/c1-6-3-4-7(9-6)5-8-2/h3-5H,1-2H3/b8-5+. The average Bonchev–Trinajstić information content (AvgIpc) is 2.17. The largest absolute Gasteiger partial charge is 0.295 e. The molecule has 9 heavy (non-hydrogen) atoms. The maximum atomic E-state index is 3.90. The van der Waals surface area contributed by atoms with Crippen molar-refractivity contribution < 1.29 is 0 Å². The minimum absolute atomic E-state index is 1.23. The first-order valence-electron chi connectivity index (χ1n) is 2.81. The Labute approximate surface area is 59.1 Å². The number of aryl methyl sites for hydroxylation is 1. The molecule has 0 aliphatic heterocycles. The lowest BCUT2D eigenvalue weighted by Crippen LogP contribution is -1.67. The third-order valence-corrected chi connectivity index (χ3v) is 1.95. The Bertz CT molecular complexity index is 212. The van der Waals surface area contributed by atoms with E-state index in [1.54, 1.807) is 18.4 Å². The lowest BCUT2D eigenvalue weighted by Gasteiger charge is -1.76. The third kappa shape index (κ3) is 1.64. The summed E-state index contributed by atoms with van der Waals surface area (Å²) in [5.41, 5.74) is 0. The Morgan fingerprint density at radius 1 is 1.56 bits per heavy atom. The number of hydrogen-bond donors (Lipinski definition) is 0. The highest BCUT2D eigenvalue weighted by molar-refractivity contribution is 7.13. The van der Waals surface area contributed by atoms with E-state index in [-0.39, 0.29) is 0 Å². The van der Waals surface area contributed by atoms with Crippen LogP contribution in [0.1, 0.15) is 9.75 Å². The van der Waals surface area contributed by atoms with Crippen molar-refractivity contribution in [3.8, 4) is 0 Å². The molecule has 0 unspecified atom stereocenters. The molecule has 0 amide bonds. The van der Waals surface area contributed by atoms with Crippen molar-refractivity contribution in [2.45, 2.75) is 6.92 Å². The van der Waals surface area contributed by atoms with Gasteiger partial charge >= 0.3 is 0 Å². The molecule has 0 aliphatic rings. The maximum Gasteiger partial charge on any atom is 0.0451 e. The molecule has 0 radical (unpaired) electrons. The first kappa shape index (κ1) is 6.49. The SMILES string of the molecule is C/N=C/c1ccc(C)s1. The minimum Gasteiger partial charge on any atom is -0.295 e. The van der Waals surface area contributed by atoms with Gasteiger partial charge in [0.2, 0.25) is 0 Å². The van der Waals surface area contributed by atoms with Gasteiger partial charge in [0, 0.05) is 23.0 Å². The molecule has 0 aromatic carbocycles. The number of rotatable bonds is 1. The summed E-state index contributed by atoms with van der Waals surface area (Å²) >= 11 is 1.76. The van der Waals surface area contributed by atoms with Gasteiger partial charge in [0.15, 0.2) is 0 Å². The zero-order chi connectivity index (χ0) is 6.69. The van der Waals surface area contributed by atoms with E-state index in [9.17, 15) is 0 Å². The molecule has 1 nitrogen and oxygen atoms in total. The van der Waals surface area contributed by atoms with Gasteiger partial charge < -0.3 is 0 Å². The third-order valence-electron chi connectivity index (χ3n) is 1.02. The van der Waals surface area contributed by atoms with E-state index in [1.807, 2.05) is 6.21 Å². The van der Waals surface area contributed by atoms with Crippen molar-refractivity contribution in [1.82, 2.24) is 0 Å². The van der Waals surface area contributed by atoms with Crippen LogP contribution in [0.25, 0.3) is 0 Å². The molecular formula is C7H9NS. The van der Waals surface area contributed by atoms with Crippen LogP contribution in [0.2, 0.25) is 0 Å². The maximum absolute atomic E-state index is 3.90. The van der Waals surface area contributed by atoms with E-state index >= 15 is 0 Å². The second-order valence-corrected chi connectivity index (χ2v) is 3.16. The van der Waals surface area contributed by atoms with Crippen LogP contribution in [0.5, 0.6) is 0 Å². The Hall–Kier alpha value is -0.630. The summed E-state index contributed by atoms with van der Waals surface area (Å²) in [6.07, 6.45) is 1.87. The molecule has 0 aliphatic carbocycles. The quantitative estimate of drug-likeness (QED) is 0.528. The van der Waals surface area contributed by atoms with Crippen LogP contribution < -0.4 is 0 Å². The van der Waals surface area contributed by atoms with Crippen LogP contribution in [0.15, 0.2) is 17.1 Å². The van der Waals surface area contributed by atoms with Crippen molar-refractivity contribution >= 4 is 17.6 Å². The zero-order valence-corrected chi connectivity index (χ0v) is 6.40. The molecule has 0 N–H and O–H groups in total. The fourth-order valence-corrected chi connectivity index (χ4v) is 1.45. The first-order valence-corrected chi connectivity index (χ1v) is 3.63. The molecular weight excluding hydrogens is 130 g/mol. The molecule has 0 spiro atoms. The van der Waals surface area contributed by atoms with Crippen molar-refractivity contribution in [2.75, 3.05) is 7.05 Å². The average molecular weight is 139 g/mol. The summed E-state index contributed by atoms with van der Waals surface area (Å²) < 4.78 is 0. The number of nitrogens with zero attached hydrogens (tertiary/aromatic N) is 1. The molecule has 0 atom stereocenters. The Kier molecular flexibility index (Phi) is 2.01. The number of aliphatic imine (C=N–C) groups is 1. The van der Waals surface area contributed by atoms with E-state index in [2.05, 4.69) is 24.0 Å². The molecule has 0 saturated heterocycles.